The van der Waals surface area contributed by atoms with Gasteiger partial charge in [-0.25, -0.2) is 4.79 Å². The van der Waals surface area contributed by atoms with Crippen molar-refractivity contribution in [1.29, 1.82) is 0 Å². The van der Waals surface area contributed by atoms with Gasteiger partial charge in [0.2, 0.25) is 5.91 Å². The number of amides is 1. The van der Waals surface area contributed by atoms with Gasteiger partial charge in [-0.3, -0.25) is 4.79 Å². The molecule has 27 heavy (non-hydrogen) atoms. The minimum atomic E-state index is -1.09. The predicted octanol–water partition coefficient (Wildman–Crippen LogP) is 4.59. The molecule has 0 spiro atoms. The molecule has 2 N–H and O–H groups in total. The average molecular weight is 361 g/mol. The van der Waals surface area contributed by atoms with Gasteiger partial charge in [-0.2, -0.15) is 0 Å². The Morgan fingerprint density at radius 2 is 1.59 bits per heavy atom. The number of nitrogens with one attached hydrogen (secondary N) is 1. The Kier molecular flexibility index (Phi) is 5.52. The molecule has 0 aliphatic carbocycles. The maximum atomic E-state index is 11.7. The number of benzene rings is 3. The Morgan fingerprint density at radius 1 is 0.963 bits per heavy atom. The van der Waals surface area contributed by atoms with Crippen LogP contribution in [-0.4, -0.2) is 17.0 Å². The number of hydrogen-bond acceptors (Lipinski definition) is 3. The molecule has 0 fully saturated rings. The fourth-order valence-corrected chi connectivity index (χ4v) is 2.78. The number of hydrogen-bond donors (Lipinski definition) is 2. The highest BCUT2D eigenvalue weighted by molar-refractivity contribution is 5.99. The van der Waals surface area contributed by atoms with Crippen LogP contribution in [0.2, 0.25) is 0 Å². The minimum absolute atomic E-state index is 0.0430. The lowest BCUT2D eigenvalue weighted by atomic mass is 9.99. The Balaban J connectivity index is 2.10. The Morgan fingerprint density at radius 3 is 2.19 bits per heavy atom. The van der Waals surface area contributed by atoms with Gasteiger partial charge in [0.1, 0.15) is 12.4 Å². The van der Waals surface area contributed by atoms with Crippen LogP contribution >= 0.6 is 0 Å². The van der Waals surface area contributed by atoms with Gasteiger partial charge in [0.05, 0.1) is 11.3 Å². The number of carbonyl (C=O) groups is 2. The molecule has 0 bridgehead atoms. The second-order valence-electron chi connectivity index (χ2n) is 6.02. The summed E-state index contributed by atoms with van der Waals surface area (Å²) in [5.74, 6) is -0.983. The van der Waals surface area contributed by atoms with E-state index in [0.29, 0.717) is 17.0 Å². The molecule has 0 unspecified atom stereocenters. The molecule has 0 heterocycles. The SMILES string of the molecule is CC(=O)Nc1cc(C(=O)O)cc(OCc2ccccc2)c1-c1ccccc1. The Bertz CT molecular complexity index is 953. The summed E-state index contributed by atoms with van der Waals surface area (Å²) in [6.45, 7) is 1.66. The van der Waals surface area contributed by atoms with Crippen LogP contribution in [0.3, 0.4) is 0 Å². The van der Waals surface area contributed by atoms with Gasteiger partial charge < -0.3 is 15.2 Å². The van der Waals surface area contributed by atoms with Crippen LogP contribution in [0.15, 0.2) is 72.8 Å². The Hall–Kier alpha value is -3.60. The number of aromatic carboxylic acids is 1. The van der Waals surface area contributed by atoms with Crippen molar-refractivity contribution in [2.45, 2.75) is 13.5 Å². The standard InChI is InChI=1S/C22H19NO4/c1-15(24)23-19-12-18(22(25)26)13-20(21(19)17-10-6-3-7-11-17)27-14-16-8-4-2-5-9-16/h2-13H,14H2,1H3,(H,23,24)(H,25,26). The zero-order chi connectivity index (χ0) is 19.2. The van der Waals surface area contributed by atoms with Crippen LogP contribution in [0.4, 0.5) is 5.69 Å². The summed E-state index contributed by atoms with van der Waals surface area (Å²) in [5, 5.41) is 12.2. The first kappa shape index (κ1) is 18.2. The van der Waals surface area contributed by atoms with Crippen molar-refractivity contribution < 1.29 is 19.4 Å². The zero-order valence-electron chi connectivity index (χ0n) is 14.8. The van der Waals surface area contributed by atoms with Crippen molar-refractivity contribution in [2.24, 2.45) is 0 Å². The van der Waals surface area contributed by atoms with Gasteiger partial charge in [0, 0.05) is 12.5 Å². The highest BCUT2D eigenvalue weighted by atomic mass is 16.5. The highest BCUT2D eigenvalue weighted by Crippen LogP contribution is 2.38. The molecule has 5 heteroatoms. The van der Waals surface area contributed by atoms with Gasteiger partial charge in [0.25, 0.3) is 0 Å². The molecule has 0 aliphatic heterocycles. The maximum absolute atomic E-state index is 11.7. The Labute approximate surface area is 157 Å². The van der Waals surface area contributed by atoms with Crippen molar-refractivity contribution in [3.8, 4) is 16.9 Å². The van der Waals surface area contributed by atoms with E-state index >= 15 is 0 Å². The largest absolute Gasteiger partial charge is 0.488 e. The fourth-order valence-electron chi connectivity index (χ4n) is 2.78. The molecule has 0 saturated heterocycles. The third-order valence-electron chi connectivity index (χ3n) is 3.96. The van der Waals surface area contributed by atoms with E-state index in [4.69, 9.17) is 4.74 Å². The number of carbonyl (C=O) groups excluding carboxylic acids is 1. The molecule has 5 nitrogen and oxygen atoms in total. The summed E-state index contributed by atoms with van der Waals surface area (Å²) in [6, 6.07) is 21.9. The van der Waals surface area contributed by atoms with E-state index in [2.05, 4.69) is 5.32 Å². The maximum Gasteiger partial charge on any atom is 0.335 e. The molecule has 0 aromatic heterocycles. The van der Waals surface area contributed by atoms with Crippen molar-refractivity contribution in [2.75, 3.05) is 5.32 Å². The van der Waals surface area contributed by atoms with E-state index in [1.165, 1.54) is 19.1 Å². The molecule has 1 amide bonds. The van der Waals surface area contributed by atoms with Crippen LogP contribution < -0.4 is 10.1 Å². The van der Waals surface area contributed by atoms with Crippen molar-refractivity contribution in [3.63, 3.8) is 0 Å². The topological polar surface area (TPSA) is 75.6 Å². The summed E-state index contributed by atoms with van der Waals surface area (Å²) in [5.41, 5.74) is 2.87. The second-order valence-corrected chi connectivity index (χ2v) is 6.02. The van der Waals surface area contributed by atoms with Gasteiger partial charge in [-0.15, -0.1) is 0 Å². The summed E-state index contributed by atoms with van der Waals surface area (Å²) in [7, 11) is 0. The van der Waals surface area contributed by atoms with Crippen molar-refractivity contribution in [1.82, 2.24) is 0 Å². The summed E-state index contributed by atoms with van der Waals surface area (Å²) in [4.78, 5) is 23.2. The van der Waals surface area contributed by atoms with Crippen LogP contribution in [0.5, 0.6) is 5.75 Å². The lowest BCUT2D eigenvalue weighted by molar-refractivity contribution is -0.114. The van der Waals surface area contributed by atoms with E-state index in [1.807, 2.05) is 60.7 Å². The van der Waals surface area contributed by atoms with E-state index in [1.54, 1.807) is 0 Å². The zero-order valence-corrected chi connectivity index (χ0v) is 14.8. The van der Waals surface area contributed by atoms with Gasteiger partial charge >= 0.3 is 5.97 Å². The molecule has 0 atom stereocenters. The monoisotopic (exact) mass is 361 g/mol. The van der Waals surface area contributed by atoms with Crippen LogP contribution in [0.25, 0.3) is 11.1 Å². The average Bonchev–Trinajstić information content (AvgIpc) is 2.67. The molecular formula is C22H19NO4. The van der Waals surface area contributed by atoms with Gasteiger partial charge in [0.15, 0.2) is 0 Å². The fraction of sp³-hybridized carbons (Fsp3) is 0.0909. The van der Waals surface area contributed by atoms with Gasteiger partial charge in [-0.05, 0) is 23.3 Å². The van der Waals surface area contributed by atoms with Crippen LogP contribution in [-0.2, 0) is 11.4 Å². The smallest absolute Gasteiger partial charge is 0.335 e. The molecule has 3 rings (SSSR count). The number of ether oxygens (including phenoxy) is 1. The quantitative estimate of drug-likeness (QED) is 0.673. The molecule has 3 aromatic rings. The summed E-state index contributed by atoms with van der Waals surface area (Å²) < 4.78 is 5.98. The molecule has 3 aromatic carbocycles. The summed E-state index contributed by atoms with van der Waals surface area (Å²) >= 11 is 0. The van der Waals surface area contributed by atoms with E-state index in [9.17, 15) is 14.7 Å². The number of carboxylic acids is 1. The van der Waals surface area contributed by atoms with Gasteiger partial charge in [-0.1, -0.05) is 60.7 Å². The third kappa shape index (κ3) is 4.52. The highest BCUT2D eigenvalue weighted by Gasteiger charge is 2.18. The molecule has 0 saturated carbocycles. The second kappa shape index (κ2) is 8.19. The lowest BCUT2D eigenvalue weighted by Crippen LogP contribution is -2.10. The molecule has 0 aliphatic rings. The number of rotatable bonds is 6. The van der Waals surface area contributed by atoms with Crippen LogP contribution in [0, 0.1) is 0 Å². The molecular weight excluding hydrogens is 342 g/mol. The first-order chi connectivity index (χ1) is 13.0. The van der Waals surface area contributed by atoms with Crippen molar-refractivity contribution in [3.05, 3.63) is 83.9 Å². The van der Waals surface area contributed by atoms with Crippen molar-refractivity contribution >= 4 is 17.6 Å². The first-order valence-electron chi connectivity index (χ1n) is 8.45. The first-order valence-corrected chi connectivity index (χ1v) is 8.45. The molecule has 0 radical (unpaired) electrons. The van der Waals surface area contributed by atoms with E-state index in [-0.39, 0.29) is 18.1 Å². The normalized spacial score (nSPS) is 10.3. The number of carboxylic acid groups (broad SMARTS) is 1. The predicted molar refractivity (Wildman–Crippen MR) is 104 cm³/mol. The number of anilines is 1. The third-order valence-corrected chi connectivity index (χ3v) is 3.96. The molecule has 136 valence electrons. The minimum Gasteiger partial charge on any atom is -0.488 e. The lowest BCUT2D eigenvalue weighted by Gasteiger charge is -2.17. The van der Waals surface area contributed by atoms with E-state index < -0.39 is 5.97 Å². The summed E-state index contributed by atoms with van der Waals surface area (Å²) in [6.07, 6.45) is 0. The van der Waals surface area contributed by atoms with Crippen LogP contribution in [0.1, 0.15) is 22.8 Å². The van der Waals surface area contributed by atoms with E-state index in [0.717, 1.165) is 11.1 Å².